The van der Waals surface area contributed by atoms with Crippen LogP contribution in [0.4, 0.5) is 0 Å². The predicted molar refractivity (Wildman–Crippen MR) is 96.9 cm³/mol. The fourth-order valence-corrected chi connectivity index (χ4v) is 7.22. The second-order valence-corrected chi connectivity index (χ2v) is 9.25. The van der Waals surface area contributed by atoms with Crippen molar-refractivity contribution in [3.8, 4) is 0 Å². The van der Waals surface area contributed by atoms with Gasteiger partial charge in [0, 0.05) is 12.5 Å². The predicted octanol–water partition coefficient (Wildman–Crippen LogP) is 3.05. The molecule has 1 heterocycles. The van der Waals surface area contributed by atoms with Crippen LogP contribution in [0.5, 0.6) is 0 Å². The Hall–Kier alpha value is -1.36. The van der Waals surface area contributed by atoms with Gasteiger partial charge in [0.15, 0.2) is 0 Å². The van der Waals surface area contributed by atoms with E-state index in [9.17, 15) is 9.59 Å². The molecular formula is C21H31NO4. The van der Waals surface area contributed by atoms with Crippen molar-refractivity contribution in [3.05, 3.63) is 12.2 Å². The molecule has 0 aromatic carbocycles. The van der Waals surface area contributed by atoms with E-state index in [1.54, 1.807) is 13.2 Å². The van der Waals surface area contributed by atoms with Crippen LogP contribution in [0.1, 0.15) is 52.4 Å². The Balaban J connectivity index is 1.69. The van der Waals surface area contributed by atoms with Crippen molar-refractivity contribution < 1.29 is 19.1 Å². The molecule has 1 unspecified atom stereocenters. The molecule has 0 saturated heterocycles. The largest absolute Gasteiger partial charge is 0.469 e. The summed E-state index contributed by atoms with van der Waals surface area (Å²) >= 11 is 0. The van der Waals surface area contributed by atoms with Crippen LogP contribution in [0.2, 0.25) is 0 Å². The number of esters is 1. The van der Waals surface area contributed by atoms with Crippen LogP contribution < -0.4 is 5.32 Å². The summed E-state index contributed by atoms with van der Waals surface area (Å²) in [6.07, 6.45) is 9.78. The standard InChI is InChI=1S/C21H31NO4/c1-19-10-8-15-13(14(19)5-6-16(19)18(24)25-3)7-12-21(26-4)20(15,2)11-9-17(23)22-21/h9,11,13-16H,5-8,10,12H2,1-4H3,(H,22,23)/t13-,14-,15?,16+,19-,20+,21+/m0/s1. The van der Waals surface area contributed by atoms with Gasteiger partial charge in [0.25, 0.3) is 0 Å². The van der Waals surface area contributed by atoms with Gasteiger partial charge >= 0.3 is 5.97 Å². The van der Waals surface area contributed by atoms with E-state index in [0.717, 1.165) is 38.5 Å². The minimum Gasteiger partial charge on any atom is -0.469 e. The van der Waals surface area contributed by atoms with Gasteiger partial charge in [-0.1, -0.05) is 19.9 Å². The Bertz CT molecular complexity index is 660. The summed E-state index contributed by atoms with van der Waals surface area (Å²) in [6, 6.07) is 0. The lowest BCUT2D eigenvalue weighted by atomic mass is 9.47. The SMILES string of the molecule is COC(=O)[C@H]1CC[C@H]2[C@@H]3CC[C@]4(OC)NC(=O)C=C[C@]4(C)C3CC[C@]12C. The fraction of sp³-hybridized carbons (Fsp3) is 0.810. The molecule has 0 bridgehead atoms. The lowest BCUT2D eigenvalue weighted by Gasteiger charge is -2.62. The summed E-state index contributed by atoms with van der Waals surface area (Å²) < 4.78 is 11.1. The number of nitrogens with one attached hydrogen (secondary N) is 1. The number of fused-ring (bicyclic) bond motifs is 5. The Morgan fingerprint density at radius 2 is 1.88 bits per heavy atom. The molecule has 0 radical (unpaired) electrons. The van der Waals surface area contributed by atoms with E-state index < -0.39 is 5.72 Å². The van der Waals surface area contributed by atoms with Crippen LogP contribution in [0.25, 0.3) is 0 Å². The summed E-state index contributed by atoms with van der Waals surface area (Å²) in [5, 5.41) is 3.14. The first kappa shape index (κ1) is 18.0. The molecule has 4 rings (SSSR count). The summed E-state index contributed by atoms with van der Waals surface area (Å²) in [7, 11) is 3.22. The van der Waals surface area contributed by atoms with Gasteiger partial charge in [-0.05, 0) is 67.8 Å². The van der Waals surface area contributed by atoms with Crippen molar-refractivity contribution in [3.63, 3.8) is 0 Å². The highest BCUT2D eigenvalue weighted by molar-refractivity contribution is 5.89. The van der Waals surface area contributed by atoms with Crippen molar-refractivity contribution in [2.24, 2.45) is 34.5 Å². The molecule has 144 valence electrons. The van der Waals surface area contributed by atoms with E-state index in [2.05, 4.69) is 25.2 Å². The molecule has 7 atom stereocenters. The maximum absolute atomic E-state index is 12.4. The van der Waals surface area contributed by atoms with Gasteiger partial charge in [0.1, 0.15) is 5.72 Å². The van der Waals surface area contributed by atoms with Gasteiger partial charge in [-0.2, -0.15) is 0 Å². The zero-order chi connectivity index (χ0) is 18.7. The quantitative estimate of drug-likeness (QED) is 0.768. The average molecular weight is 361 g/mol. The number of carbonyl (C=O) groups is 2. The van der Waals surface area contributed by atoms with Crippen LogP contribution in [0.3, 0.4) is 0 Å². The minimum atomic E-state index is -0.603. The number of ether oxygens (including phenoxy) is 2. The zero-order valence-corrected chi connectivity index (χ0v) is 16.3. The molecule has 3 aliphatic carbocycles. The summed E-state index contributed by atoms with van der Waals surface area (Å²) in [5.74, 6) is 1.51. The minimum absolute atomic E-state index is 0.0296. The second-order valence-electron chi connectivity index (χ2n) is 9.25. The topological polar surface area (TPSA) is 64.6 Å². The van der Waals surface area contributed by atoms with Gasteiger partial charge in [-0.3, -0.25) is 9.59 Å². The molecule has 1 amide bonds. The molecule has 3 saturated carbocycles. The lowest BCUT2D eigenvalue weighted by Crippen LogP contribution is -2.68. The highest BCUT2D eigenvalue weighted by Crippen LogP contribution is 2.66. The van der Waals surface area contributed by atoms with Crippen LogP contribution in [0.15, 0.2) is 12.2 Å². The number of carbonyl (C=O) groups excluding carboxylic acids is 2. The molecule has 0 spiro atoms. The van der Waals surface area contributed by atoms with Gasteiger partial charge < -0.3 is 14.8 Å². The average Bonchev–Trinajstić information content (AvgIpc) is 2.99. The monoisotopic (exact) mass is 361 g/mol. The van der Waals surface area contributed by atoms with Crippen LogP contribution in [-0.4, -0.2) is 31.8 Å². The molecule has 26 heavy (non-hydrogen) atoms. The van der Waals surface area contributed by atoms with Crippen molar-refractivity contribution in [2.75, 3.05) is 14.2 Å². The van der Waals surface area contributed by atoms with E-state index >= 15 is 0 Å². The lowest BCUT2D eigenvalue weighted by molar-refractivity contribution is -0.201. The third-order valence-electron chi connectivity index (χ3n) is 8.65. The second kappa shape index (κ2) is 5.82. The molecule has 3 fully saturated rings. The first-order valence-electron chi connectivity index (χ1n) is 9.96. The molecule has 1 N–H and O–H groups in total. The van der Waals surface area contributed by atoms with Crippen molar-refractivity contribution in [1.82, 2.24) is 5.32 Å². The Labute approximate surface area is 155 Å². The van der Waals surface area contributed by atoms with Gasteiger partial charge in [0.05, 0.1) is 13.0 Å². The number of hydrogen-bond acceptors (Lipinski definition) is 4. The third kappa shape index (κ3) is 2.12. The maximum Gasteiger partial charge on any atom is 0.309 e. The van der Waals surface area contributed by atoms with Gasteiger partial charge in [-0.15, -0.1) is 0 Å². The highest BCUT2D eigenvalue weighted by Gasteiger charge is 2.65. The number of methoxy groups -OCH3 is 2. The Kier molecular flexibility index (Phi) is 4.03. The van der Waals surface area contributed by atoms with Crippen molar-refractivity contribution >= 4 is 11.9 Å². The summed E-state index contributed by atoms with van der Waals surface area (Å²) in [6.45, 7) is 4.56. The van der Waals surface area contributed by atoms with Gasteiger partial charge in [0.2, 0.25) is 5.91 Å². The number of rotatable bonds is 2. The first-order valence-corrected chi connectivity index (χ1v) is 9.96. The Morgan fingerprint density at radius 3 is 2.58 bits per heavy atom. The van der Waals surface area contributed by atoms with Crippen LogP contribution >= 0.6 is 0 Å². The molecule has 0 aromatic rings. The molecule has 4 aliphatic rings. The number of hydrogen-bond donors (Lipinski definition) is 1. The summed E-state index contributed by atoms with van der Waals surface area (Å²) in [4.78, 5) is 24.4. The molecule has 5 nitrogen and oxygen atoms in total. The number of amides is 1. The highest BCUT2D eigenvalue weighted by atomic mass is 16.5. The molecule has 5 heteroatoms. The molecule has 0 aromatic heterocycles. The zero-order valence-electron chi connectivity index (χ0n) is 16.3. The maximum atomic E-state index is 12.4. The third-order valence-corrected chi connectivity index (χ3v) is 8.65. The smallest absolute Gasteiger partial charge is 0.309 e. The van der Waals surface area contributed by atoms with E-state index in [-0.39, 0.29) is 28.6 Å². The fourth-order valence-electron chi connectivity index (χ4n) is 7.22. The molecule has 1 aliphatic heterocycles. The van der Waals surface area contributed by atoms with Crippen LogP contribution in [-0.2, 0) is 19.1 Å². The first-order chi connectivity index (χ1) is 12.3. The van der Waals surface area contributed by atoms with Crippen LogP contribution in [0, 0.1) is 34.5 Å². The van der Waals surface area contributed by atoms with E-state index in [4.69, 9.17) is 9.47 Å². The summed E-state index contributed by atoms with van der Waals surface area (Å²) in [5.41, 5.74) is -0.767. The van der Waals surface area contributed by atoms with Crippen molar-refractivity contribution in [2.45, 2.75) is 58.1 Å². The van der Waals surface area contributed by atoms with Crippen molar-refractivity contribution in [1.29, 1.82) is 0 Å². The normalized spacial score (nSPS) is 49.6. The van der Waals surface area contributed by atoms with E-state index in [1.165, 1.54) is 7.11 Å². The Morgan fingerprint density at radius 1 is 1.12 bits per heavy atom. The van der Waals surface area contributed by atoms with Gasteiger partial charge in [-0.25, -0.2) is 0 Å². The van der Waals surface area contributed by atoms with E-state index in [1.807, 2.05) is 0 Å². The molecular weight excluding hydrogens is 330 g/mol. The van der Waals surface area contributed by atoms with E-state index in [0.29, 0.717) is 17.8 Å².